The predicted molar refractivity (Wildman–Crippen MR) is 75.3 cm³/mol. The molecule has 19 heavy (non-hydrogen) atoms. The fraction of sp³-hybridized carbons (Fsp3) is 0.846. The van der Waals surface area contributed by atoms with E-state index in [-0.39, 0.29) is 5.91 Å². The van der Waals surface area contributed by atoms with Gasteiger partial charge in [-0.05, 0) is 44.8 Å². The van der Waals surface area contributed by atoms with E-state index in [1.165, 1.54) is 11.8 Å². The highest BCUT2D eigenvalue weighted by Gasteiger charge is 2.38. The number of amides is 1. The van der Waals surface area contributed by atoms with Crippen molar-refractivity contribution in [2.75, 3.05) is 11.5 Å². The lowest BCUT2D eigenvalue weighted by molar-refractivity contribution is -0.144. The Balaban J connectivity index is 1.63. The summed E-state index contributed by atoms with van der Waals surface area (Å²) in [6, 6.07) is 0.762. The van der Waals surface area contributed by atoms with Crippen LogP contribution < -0.4 is 10.6 Å². The number of carbonyl (C=O) groups excluding carboxylic acids is 1. The third-order valence-electron chi connectivity index (χ3n) is 3.49. The van der Waals surface area contributed by atoms with E-state index in [0.717, 1.165) is 25.7 Å². The monoisotopic (exact) mass is 286 g/mol. The fourth-order valence-corrected chi connectivity index (χ4v) is 2.82. The highest BCUT2D eigenvalue weighted by Crippen LogP contribution is 2.25. The quantitative estimate of drug-likeness (QED) is 0.551. The first-order chi connectivity index (χ1) is 8.99. The summed E-state index contributed by atoms with van der Waals surface area (Å²) in [6.45, 7) is 1.73. The van der Waals surface area contributed by atoms with Crippen LogP contribution in [0.25, 0.3) is 0 Å². The Hall–Kier alpha value is -0.750. The van der Waals surface area contributed by atoms with Gasteiger partial charge in [-0.1, -0.05) is 0 Å². The Morgan fingerprint density at radius 3 is 2.42 bits per heavy atom. The summed E-state index contributed by atoms with van der Waals surface area (Å²) in [4.78, 5) is 22.8. The van der Waals surface area contributed by atoms with Crippen molar-refractivity contribution in [2.45, 2.75) is 56.7 Å². The molecule has 2 rings (SSSR count). The lowest BCUT2D eigenvalue weighted by Gasteiger charge is -2.26. The zero-order valence-corrected chi connectivity index (χ0v) is 12.1. The van der Waals surface area contributed by atoms with Crippen LogP contribution in [-0.2, 0) is 9.59 Å². The van der Waals surface area contributed by atoms with Gasteiger partial charge in [-0.25, -0.2) is 0 Å². The van der Waals surface area contributed by atoms with Gasteiger partial charge in [0.1, 0.15) is 5.54 Å². The van der Waals surface area contributed by atoms with Gasteiger partial charge in [0.15, 0.2) is 0 Å². The van der Waals surface area contributed by atoms with Crippen LogP contribution in [0.3, 0.4) is 0 Å². The van der Waals surface area contributed by atoms with Gasteiger partial charge in [-0.3, -0.25) is 14.9 Å². The molecular weight excluding hydrogens is 264 g/mol. The standard InChI is InChI=1S/C13H22N2O3S/c1-13(12(17)18,15-10-4-5-10)6-7-19-8-11(16)14-9-2-3-9/h9-10,15H,2-8H2,1H3,(H,14,16)(H,17,18). The van der Waals surface area contributed by atoms with E-state index in [4.69, 9.17) is 0 Å². The Morgan fingerprint density at radius 1 is 1.26 bits per heavy atom. The van der Waals surface area contributed by atoms with Crippen molar-refractivity contribution in [3.8, 4) is 0 Å². The molecule has 2 aliphatic carbocycles. The number of hydrogen-bond acceptors (Lipinski definition) is 4. The van der Waals surface area contributed by atoms with Crippen LogP contribution >= 0.6 is 11.8 Å². The smallest absolute Gasteiger partial charge is 0.323 e. The van der Waals surface area contributed by atoms with Gasteiger partial charge >= 0.3 is 5.97 Å². The molecule has 0 aromatic carbocycles. The molecule has 0 aromatic heterocycles. The second-order valence-corrected chi connectivity index (χ2v) is 6.81. The first-order valence-corrected chi connectivity index (χ1v) is 8.03. The minimum atomic E-state index is -0.860. The van der Waals surface area contributed by atoms with E-state index in [0.29, 0.717) is 30.0 Å². The maximum absolute atomic E-state index is 11.5. The molecule has 1 unspecified atom stereocenters. The number of aliphatic carboxylic acids is 1. The van der Waals surface area contributed by atoms with Crippen molar-refractivity contribution in [1.82, 2.24) is 10.6 Å². The molecule has 2 saturated carbocycles. The number of nitrogens with one attached hydrogen (secondary N) is 2. The summed E-state index contributed by atoms with van der Waals surface area (Å²) in [5.74, 6) is 0.373. The summed E-state index contributed by atoms with van der Waals surface area (Å²) < 4.78 is 0. The number of carboxylic acid groups (broad SMARTS) is 1. The molecular formula is C13H22N2O3S. The summed E-state index contributed by atoms with van der Waals surface area (Å²) in [6.07, 6.45) is 4.87. The van der Waals surface area contributed by atoms with Gasteiger partial charge in [-0.15, -0.1) is 0 Å². The SMILES string of the molecule is CC(CCSCC(=O)NC1CC1)(NC1CC1)C(=O)O. The Kier molecular flexibility index (Phi) is 4.73. The molecule has 0 spiro atoms. The van der Waals surface area contributed by atoms with Crippen LogP contribution in [0.2, 0.25) is 0 Å². The van der Waals surface area contributed by atoms with Crippen LogP contribution in [0, 0.1) is 0 Å². The van der Waals surface area contributed by atoms with Crippen LogP contribution in [0.15, 0.2) is 0 Å². The molecule has 0 aliphatic heterocycles. The Labute approximate surface area is 117 Å². The van der Waals surface area contributed by atoms with E-state index in [1.54, 1.807) is 6.92 Å². The topological polar surface area (TPSA) is 78.4 Å². The summed E-state index contributed by atoms with van der Waals surface area (Å²) in [7, 11) is 0. The predicted octanol–water partition coefficient (Wildman–Crippen LogP) is 0.984. The van der Waals surface area contributed by atoms with Gasteiger partial charge < -0.3 is 10.4 Å². The number of rotatable bonds is 9. The molecule has 0 aromatic rings. The highest BCUT2D eigenvalue weighted by atomic mass is 32.2. The van der Waals surface area contributed by atoms with E-state index < -0.39 is 11.5 Å². The van der Waals surface area contributed by atoms with E-state index in [1.807, 2.05) is 0 Å². The molecule has 5 nitrogen and oxygen atoms in total. The second-order valence-electron chi connectivity index (χ2n) is 5.70. The minimum Gasteiger partial charge on any atom is -0.480 e. The van der Waals surface area contributed by atoms with Crippen LogP contribution in [0.4, 0.5) is 0 Å². The first-order valence-electron chi connectivity index (χ1n) is 6.88. The normalized spacial score (nSPS) is 21.7. The number of carboxylic acids is 1. The van der Waals surface area contributed by atoms with Crippen molar-refractivity contribution in [3.05, 3.63) is 0 Å². The molecule has 2 fully saturated rings. The zero-order chi connectivity index (χ0) is 13.9. The maximum atomic E-state index is 11.5. The third-order valence-corrected chi connectivity index (χ3v) is 4.45. The number of hydrogen-bond donors (Lipinski definition) is 3. The minimum absolute atomic E-state index is 0.0691. The van der Waals surface area contributed by atoms with Gasteiger partial charge in [-0.2, -0.15) is 11.8 Å². The van der Waals surface area contributed by atoms with Gasteiger partial charge in [0.05, 0.1) is 5.75 Å². The average molecular weight is 286 g/mol. The molecule has 6 heteroatoms. The fourth-order valence-electron chi connectivity index (χ4n) is 1.86. The molecule has 0 radical (unpaired) electrons. The van der Waals surface area contributed by atoms with Crippen molar-refractivity contribution in [3.63, 3.8) is 0 Å². The molecule has 1 amide bonds. The van der Waals surface area contributed by atoms with Crippen LogP contribution in [0.5, 0.6) is 0 Å². The lowest BCUT2D eigenvalue weighted by Crippen LogP contribution is -2.51. The summed E-state index contributed by atoms with van der Waals surface area (Å²) >= 11 is 1.51. The van der Waals surface area contributed by atoms with Gasteiger partial charge in [0, 0.05) is 12.1 Å². The molecule has 0 bridgehead atoms. The molecule has 3 N–H and O–H groups in total. The number of thioether (sulfide) groups is 1. The zero-order valence-electron chi connectivity index (χ0n) is 11.3. The maximum Gasteiger partial charge on any atom is 0.323 e. The second kappa shape index (κ2) is 6.13. The molecule has 0 saturated heterocycles. The molecule has 1 atom stereocenters. The van der Waals surface area contributed by atoms with E-state index >= 15 is 0 Å². The third kappa shape index (κ3) is 5.03. The Morgan fingerprint density at radius 2 is 1.89 bits per heavy atom. The van der Waals surface area contributed by atoms with Crippen LogP contribution in [-0.4, -0.2) is 46.1 Å². The molecule has 0 heterocycles. The molecule has 108 valence electrons. The van der Waals surface area contributed by atoms with Crippen molar-refractivity contribution < 1.29 is 14.7 Å². The summed E-state index contributed by atoms with van der Waals surface area (Å²) in [5.41, 5.74) is -0.860. The number of carbonyl (C=O) groups is 2. The summed E-state index contributed by atoms with van der Waals surface area (Å²) in [5, 5.41) is 15.4. The van der Waals surface area contributed by atoms with Crippen molar-refractivity contribution in [2.24, 2.45) is 0 Å². The highest BCUT2D eigenvalue weighted by molar-refractivity contribution is 7.99. The first kappa shape index (κ1) is 14.7. The van der Waals surface area contributed by atoms with Gasteiger partial charge in [0.25, 0.3) is 0 Å². The largest absolute Gasteiger partial charge is 0.480 e. The molecule has 2 aliphatic rings. The van der Waals surface area contributed by atoms with E-state index in [9.17, 15) is 14.7 Å². The van der Waals surface area contributed by atoms with Crippen molar-refractivity contribution in [1.29, 1.82) is 0 Å². The van der Waals surface area contributed by atoms with E-state index in [2.05, 4.69) is 10.6 Å². The average Bonchev–Trinajstić information content (AvgIpc) is 3.21. The lowest BCUT2D eigenvalue weighted by atomic mass is 9.99. The van der Waals surface area contributed by atoms with Crippen molar-refractivity contribution >= 4 is 23.6 Å². The van der Waals surface area contributed by atoms with Crippen LogP contribution in [0.1, 0.15) is 39.0 Å². The Bertz CT molecular complexity index is 356. The van der Waals surface area contributed by atoms with Gasteiger partial charge in [0.2, 0.25) is 5.91 Å².